The molecule has 1 aliphatic rings. The van der Waals surface area contributed by atoms with Crippen molar-refractivity contribution in [1.82, 2.24) is 9.55 Å². The van der Waals surface area contributed by atoms with Crippen molar-refractivity contribution < 1.29 is 8.81 Å². The minimum absolute atomic E-state index is 0.277. The van der Waals surface area contributed by atoms with Crippen LogP contribution < -0.4 is 0 Å². The molecule has 4 heteroatoms. The van der Waals surface area contributed by atoms with Gasteiger partial charge in [0.05, 0.1) is 16.4 Å². The topological polar surface area (TPSA) is 31.0 Å². The molecule has 1 aliphatic carbocycles. The van der Waals surface area contributed by atoms with Gasteiger partial charge in [-0.05, 0) is 128 Å². The molecule has 290 valence electrons. The van der Waals surface area contributed by atoms with Gasteiger partial charge in [-0.25, -0.2) is 9.37 Å². The Hall–Kier alpha value is -8.08. The second-order valence-electron chi connectivity index (χ2n) is 16.3. The number of para-hydroxylation sites is 2. The molecule has 0 bridgehead atoms. The van der Waals surface area contributed by atoms with Crippen LogP contribution in [-0.4, -0.2) is 9.55 Å². The molecular weight excluding hydrogens is 760 g/mol. The molecule has 3 nitrogen and oxygen atoms in total. The van der Waals surface area contributed by atoms with Gasteiger partial charge >= 0.3 is 0 Å². The van der Waals surface area contributed by atoms with Gasteiger partial charge in [0.1, 0.15) is 11.4 Å². The van der Waals surface area contributed by atoms with E-state index in [1.807, 2.05) is 18.2 Å². The molecule has 62 heavy (non-hydrogen) atoms. The number of furan rings is 1. The third-order valence-corrected chi connectivity index (χ3v) is 13.2. The van der Waals surface area contributed by atoms with Crippen molar-refractivity contribution in [2.45, 2.75) is 5.41 Å². The van der Waals surface area contributed by atoms with Gasteiger partial charge in [0.25, 0.3) is 0 Å². The van der Waals surface area contributed by atoms with Crippen LogP contribution in [0.5, 0.6) is 0 Å². The fraction of sp³-hybridized carbons (Fsp3) is 0.0172. The lowest BCUT2D eigenvalue weighted by molar-refractivity contribution is 0.625. The van der Waals surface area contributed by atoms with Crippen molar-refractivity contribution in [2.24, 2.45) is 0 Å². The molecule has 0 saturated carbocycles. The number of nitrogens with zero attached hydrogens (tertiary/aromatic N) is 2. The average molecular weight is 795 g/mol. The summed E-state index contributed by atoms with van der Waals surface area (Å²) in [7, 11) is 0. The van der Waals surface area contributed by atoms with E-state index in [0.717, 1.165) is 105 Å². The quantitative estimate of drug-likeness (QED) is 0.174. The standard InChI is InChI=1S/C58H35FN2O/c59-40-29-27-39(28-30-40)58(38-17-6-2-7-18-38)49-34-46(36-15-4-1-5-16-36)42-21-10-11-23-44(42)54(49)55-50(58)35-47(53-45-24-14-32-60-57(45)62-56(53)55)37-26-31-52-48(33-37)43-22-12-13-25-51(43)61(52)41-19-8-3-9-20-41/h1-35H. The number of pyridine rings is 1. The van der Waals surface area contributed by atoms with Crippen LogP contribution in [0.15, 0.2) is 217 Å². The second kappa shape index (κ2) is 13.2. The van der Waals surface area contributed by atoms with Gasteiger partial charge < -0.3 is 8.98 Å². The maximum Gasteiger partial charge on any atom is 0.227 e. The predicted octanol–water partition coefficient (Wildman–Crippen LogP) is 15.1. The van der Waals surface area contributed by atoms with Crippen LogP contribution in [0, 0.1) is 5.82 Å². The summed E-state index contributed by atoms with van der Waals surface area (Å²) in [5.41, 5.74) is 14.7. The largest absolute Gasteiger partial charge is 0.437 e. The predicted molar refractivity (Wildman–Crippen MR) is 251 cm³/mol. The first-order chi connectivity index (χ1) is 30.7. The van der Waals surface area contributed by atoms with E-state index in [4.69, 9.17) is 9.40 Å². The number of halogens is 1. The Balaban J connectivity index is 1.22. The molecule has 0 spiro atoms. The Bertz CT molecular complexity index is 3740. The second-order valence-corrected chi connectivity index (χ2v) is 16.3. The van der Waals surface area contributed by atoms with Gasteiger partial charge in [0.15, 0.2) is 0 Å². The Morgan fingerprint density at radius 1 is 0.452 bits per heavy atom. The number of rotatable bonds is 5. The van der Waals surface area contributed by atoms with Crippen LogP contribution in [-0.2, 0) is 5.41 Å². The maximum absolute atomic E-state index is 15.1. The van der Waals surface area contributed by atoms with E-state index >= 15 is 4.39 Å². The van der Waals surface area contributed by atoms with Crippen molar-refractivity contribution in [3.05, 3.63) is 241 Å². The molecule has 0 fully saturated rings. The maximum atomic E-state index is 15.1. The highest BCUT2D eigenvalue weighted by Gasteiger charge is 2.49. The SMILES string of the molecule is Fc1ccc(C2(c3ccccc3)c3cc(-c4ccccc4)c4ccccc4c3-c3c2cc(-c2ccc4c(c2)c2ccccc2n4-c2ccccc2)c2c3oc3ncccc32)cc1. The number of hydrogen-bond donors (Lipinski definition) is 0. The fourth-order valence-electron chi connectivity index (χ4n) is 10.7. The van der Waals surface area contributed by atoms with E-state index in [9.17, 15) is 0 Å². The van der Waals surface area contributed by atoms with E-state index in [-0.39, 0.29) is 5.82 Å². The Morgan fingerprint density at radius 2 is 1.06 bits per heavy atom. The molecule has 13 rings (SSSR count). The molecule has 9 aromatic carbocycles. The first kappa shape index (κ1) is 34.8. The Morgan fingerprint density at radius 3 is 1.85 bits per heavy atom. The van der Waals surface area contributed by atoms with Crippen LogP contribution in [0.2, 0.25) is 0 Å². The van der Waals surface area contributed by atoms with E-state index in [1.54, 1.807) is 18.3 Å². The summed E-state index contributed by atoms with van der Waals surface area (Å²) in [6.07, 6.45) is 1.80. The van der Waals surface area contributed by atoms with Crippen molar-refractivity contribution >= 4 is 54.6 Å². The van der Waals surface area contributed by atoms with Gasteiger partial charge in [-0.15, -0.1) is 0 Å². The Kier molecular flexibility index (Phi) is 7.40. The molecule has 3 heterocycles. The van der Waals surface area contributed by atoms with E-state index in [0.29, 0.717) is 5.71 Å². The van der Waals surface area contributed by atoms with Crippen LogP contribution in [0.25, 0.3) is 93.7 Å². The summed E-state index contributed by atoms with van der Waals surface area (Å²) in [5.74, 6) is -0.277. The van der Waals surface area contributed by atoms with Crippen molar-refractivity contribution in [2.75, 3.05) is 0 Å². The minimum Gasteiger partial charge on any atom is -0.437 e. The van der Waals surface area contributed by atoms with Crippen LogP contribution in [0.3, 0.4) is 0 Å². The lowest BCUT2D eigenvalue weighted by Gasteiger charge is -2.34. The van der Waals surface area contributed by atoms with Gasteiger partial charge in [-0.3, -0.25) is 0 Å². The normalized spacial score (nSPS) is 14.6. The van der Waals surface area contributed by atoms with Gasteiger partial charge in [-0.2, -0.15) is 0 Å². The highest BCUT2D eigenvalue weighted by molar-refractivity contribution is 6.22. The zero-order chi connectivity index (χ0) is 40.9. The number of fused-ring (bicyclic) bond motifs is 12. The van der Waals surface area contributed by atoms with E-state index < -0.39 is 5.41 Å². The summed E-state index contributed by atoms with van der Waals surface area (Å²) in [6, 6.07) is 72.2. The third kappa shape index (κ3) is 4.77. The number of hydrogen-bond acceptors (Lipinski definition) is 2. The molecule has 1 unspecified atom stereocenters. The average Bonchev–Trinajstić information content (AvgIpc) is 3.99. The van der Waals surface area contributed by atoms with Crippen molar-refractivity contribution in [3.63, 3.8) is 0 Å². The zero-order valence-corrected chi connectivity index (χ0v) is 33.4. The molecule has 0 saturated heterocycles. The van der Waals surface area contributed by atoms with Gasteiger partial charge in [0.2, 0.25) is 5.71 Å². The first-order valence-corrected chi connectivity index (χ1v) is 21.1. The minimum atomic E-state index is -0.865. The summed E-state index contributed by atoms with van der Waals surface area (Å²) in [4.78, 5) is 4.83. The molecule has 0 N–H and O–H groups in total. The molecule has 1 atom stereocenters. The zero-order valence-electron chi connectivity index (χ0n) is 33.4. The lowest BCUT2D eigenvalue weighted by atomic mass is 9.66. The summed E-state index contributed by atoms with van der Waals surface area (Å²) in [5, 5.41) is 6.60. The summed E-state index contributed by atoms with van der Waals surface area (Å²) < 4.78 is 24.6. The number of aromatic nitrogens is 2. The Labute approximate surface area is 356 Å². The monoisotopic (exact) mass is 794 g/mol. The van der Waals surface area contributed by atoms with Crippen LogP contribution in [0.1, 0.15) is 22.3 Å². The first-order valence-electron chi connectivity index (χ1n) is 21.1. The molecular formula is C58H35FN2O. The van der Waals surface area contributed by atoms with Gasteiger partial charge in [0, 0.05) is 39.0 Å². The molecule has 12 aromatic rings. The lowest BCUT2D eigenvalue weighted by Crippen LogP contribution is -2.28. The molecule has 0 amide bonds. The smallest absolute Gasteiger partial charge is 0.227 e. The van der Waals surface area contributed by atoms with Crippen LogP contribution >= 0.6 is 0 Å². The van der Waals surface area contributed by atoms with E-state index in [1.165, 1.54) is 5.39 Å². The summed E-state index contributed by atoms with van der Waals surface area (Å²) in [6.45, 7) is 0. The van der Waals surface area contributed by atoms with Crippen molar-refractivity contribution in [1.29, 1.82) is 0 Å². The molecule has 0 aliphatic heterocycles. The highest BCUT2D eigenvalue weighted by atomic mass is 19.1. The van der Waals surface area contributed by atoms with Crippen LogP contribution in [0.4, 0.5) is 4.39 Å². The number of benzene rings is 9. The molecule has 0 radical (unpaired) electrons. The summed E-state index contributed by atoms with van der Waals surface area (Å²) >= 11 is 0. The fourth-order valence-corrected chi connectivity index (χ4v) is 10.7. The van der Waals surface area contributed by atoms with Gasteiger partial charge in [-0.1, -0.05) is 140 Å². The van der Waals surface area contributed by atoms with Crippen molar-refractivity contribution in [3.8, 4) is 39.1 Å². The molecule has 3 aromatic heterocycles. The van der Waals surface area contributed by atoms with E-state index in [2.05, 4.69) is 180 Å². The third-order valence-electron chi connectivity index (χ3n) is 13.2. The highest BCUT2D eigenvalue weighted by Crippen LogP contribution is 2.62.